The van der Waals surface area contributed by atoms with E-state index in [-0.39, 0.29) is 0 Å². The highest BCUT2D eigenvalue weighted by atomic mass is 79.9. The number of halogens is 1. The Balaban J connectivity index is 1.65. The molecule has 0 saturated heterocycles. The van der Waals surface area contributed by atoms with Crippen molar-refractivity contribution in [1.82, 2.24) is 5.32 Å². The van der Waals surface area contributed by atoms with Crippen molar-refractivity contribution in [2.75, 3.05) is 6.54 Å². The molecular weight excluding hydrogens is 262 g/mol. The van der Waals surface area contributed by atoms with Gasteiger partial charge in [-0.15, -0.1) is 0 Å². The third kappa shape index (κ3) is 3.91. The standard InChI is InChI=1S/C14H20BrN/c1-11-4-5-13(9-14(11)15)10-16-8-2-3-12-6-7-12/h4-5,9,12,16H,2-3,6-8,10H2,1H3. The summed E-state index contributed by atoms with van der Waals surface area (Å²) in [5, 5.41) is 3.51. The second-order valence-electron chi connectivity index (χ2n) is 4.85. The average Bonchev–Trinajstić information content (AvgIpc) is 3.07. The normalized spacial score (nSPS) is 15.4. The van der Waals surface area contributed by atoms with Gasteiger partial charge in [-0.05, 0) is 49.4 Å². The van der Waals surface area contributed by atoms with Crippen LogP contribution < -0.4 is 5.32 Å². The first-order valence-electron chi connectivity index (χ1n) is 6.21. The fourth-order valence-corrected chi connectivity index (χ4v) is 2.33. The zero-order valence-corrected chi connectivity index (χ0v) is 11.5. The van der Waals surface area contributed by atoms with Gasteiger partial charge in [-0.2, -0.15) is 0 Å². The Kier molecular flexibility index (Phi) is 4.42. The predicted molar refractivity (Wildman–Crippen MR) is 72.5 cm³/mol. The van der Waals surface area contributed by atoms with Crippen LogP contribution in [0.5, 0.6) is 0 Å². The molecule has 0 heterocycles. The Morgan fingerprint density at radius 2 is 2.19 bits per heavy atom. The first-order chi connectivity index (χ1) is 7.75. The quantitative estimate of drug-likeness (QED) is 0.776. The predicted octanol–water partition coefficient (Wildman–Crippen LogP) is 4.04. The maximum Gasteiger partial charge on any atom is 0.0207 e. The van der Waals surface area contributed by atoms with Gasteiger partial charge in [-0.3, -0.25) is 0 Å². The summed E-state index contributed by atoms with van der Waals surface area (Å²) in [5.74, 6) is 1.07. The Labute approximate surface area is 107 Å². The maximum atomic E-state index is 3.57. The van der Waals surface area contributed by atoms with Crippen molar-refractivity contribution in [2.45, 2.75) is 39.2 Å². The van der Waals surface area contributed by atoms with Gasteiger partial charge in [0, 0.05) is 11.0 Å². The van der Waals surface area contributed by atoms with E-state index in [0.29, 0.717) is 0 Å². The number of nitrogens with one attached hydrogen (secondary N) is 1. The monoisotopic (exact) mass is 281 g/mol. The van der Waals surface area contributed by atoms with Crippen molar-refractivity contribution in [2.24, 2.45) is 5.92 Å². The van der Waals surface area contributed by atoms with Crippen LogP contribution in [0.15, 0.2) is 22.7 Å². The summed E-state index contributed by atoms with van der Waals surface area (Å²) in [6, 6.07) is 6.59. The second kappa shape index (κ2) is 5.83. The van der Waals surface area contributed by atoms with Crippen LogP contribution in [0.25, 0.3) is 0 Å². The zero-order valence-electron chi connectivity index (χ0n) is 9.93. The van der Waals surface area contributed by atoms with Crippen LogP contribution in [0.1, 0.15) is 36.8 Å². The Hall–Kier alpha value is -0.340. The summed E-state index contributed by atoms with van der Waals surface area (Å²) in [4.78, 5) is 0. The number of rotatable bonds is 6. The molecule has 16 heavy (non-hydrogen) atoms. The van der Waals surface area contributed by atoms with Crippen molar-refractivity contribution in [3.63, 3.8) is 0 Å². The van der Waals surface area contributed by atoms with E-state index in [4.69, 9.17) is 0 Å². The lowest BCUT2D eigenvalue weighted by atomic mass is 10.1. The smallest absolute Gasteiger partial charge is 0.0207 e. The molecule has 1 nitrogen and oxygen atoms in total. The van der Waals surface area contributed by atoms with Crippen LogP contribution in [0.4, 0.5) is 0 Å². The Morgan fingerprint density at radius 3 is 2.88 bits per heavy atom. The molecule has 1 aromatic carbocycles. The SMILES string of the molecule is Cc1ccc(CNCCCC2CC2)cc1Br. The number of hydrogen-bond acceptors (Lipinski definition) is 1. The van der Waals surface area contributed by atoms with E-state index in [1.54, 1.807) is 0 Å². The van der Waals surface area contributed by atoms with Gasteiger partial charge in [0.25, 0.3) is 0 Å². The van der Waals surface area contributed by atoms with Crippen LogP contribution >= 0.6 is 15.9 Å². The van der Waals surface area contributed by atoms with E-state index >= 15 is 0 Å². The van der Waals surface area contributed by atoms with Crippen LogP contribution in [-0.2, 0) is 6.54 Å². The maximum absolute atomic E-state index is 3.57. The Bertz CT molecular complexity index is 345. The van der Waals surface area contributed by atoms with Gasteiger partial charge in [-0.1, -0.05) is 40.9 Å². The molecule has 0 atom stereocenters. The van der Waals surface area contributed by atoms with Crippen LogP contribution in [0, 0.1) is 12.8 Å². The highest BCUT2D eigenvalue weighted by Gasteiger charge is 2.19. The van der Waals surface area contributed by atoms with Crippen LogP contribution in [0.2, 0.25) is 0 Å². The largest absolute Gasteiger partial charge is 0.313 e. The molecule has 2 heteroatoms. The summed E-state index contributed by atoms with van der Waals surface area (Å²) in [6.45, 7) is 4.27. The zero-order chi connectivity index (χ0) is 11.4. The summed E-state index contributed by atoms with van der Waals surface area (Å²) in [5.41, 5.74) is 2.67. The van der Waals surface area contributed by atoms with Gasteiger partial charge in [-0.25, -0.2) is 0 Å². The van der Waals surface area contributed by atoms with E-state index < -0.39 is 0 Å². The first kappa shape index (κ1) is 12.1. The minimum Gasteiger partial charge on any atom is -0.313 e. The van der Waals surface area contributed by atoms with E-state index in [0.717, 1.165) is 19.0 Å². The average molecular weight is 282 g/mol. The van der Waals surface area contributed by atoms with Gasteiger partial charge in [0.1, 0.15) is 0 Å². The van der Waals surface area contributed by atoms with Gasteiger partial charge in [0.15, 0.2) is 0 Å². The molecule has 0 bridgehead atoms. The van der Waals surface area contributed by atoms with E-state index in [2.05, 4.69) is 46.4 Å². The van der Waals surface area contributed by atoms with Crippen LogP contribution in [-0.4, -0.2) is 6.54 Å². The summed E-state index contributed by atoms with van der Waals surface area (Å²) in [7, 11) is 0. The van der Waals surface area contributed by atoms with Crippen molar-refractivity contribution in [3.8, 4) is 0 Å². The summed E-state index contributed by atoms with van der Waals surface area (Å²) in [6.07, 6.45) is 5.71. The van der Waals surface area contributed by atoms with Crippen molar-refractivity contribution >= 4 is 15.9 Å². The van der Waals surface area contributed by atoms with Gasteiger partial charge in [0.05, 0.1) is 0 Å². The third-order valence-corrected chi connectivity index (χ3v) is 4.08. The molecule has 1 aliphatic carbocycles. The number of benzene rings is 1. The molecule has 1 aliphatic rings. The highest BCUT2D eigenvalue weighted by Crippen LogP contribution is 2.33. The molecule has 0 spiro atoms. The van der Waals surface area contributed by atoms with E-state index in [9.17, 15) is 0 Å². The number of aryl methyl sites for hydroxylation is 1. The third-order valence-electron chi connectivity index (χ3n) is 3.23. The lowest BCUT2D eigenvalue weighted by Gasteiger charge is -2.06. The molecule has 0 aliphatic heterocycles. The van der Waals surface area contributed by atoms with E-state index in [1.807, 2.05) is 0 Å². The molecule has 0 aromatic heterocycles. The van der Waals surface area contributed by atoms with Crippen LogP contribution in [0.3, 0.4) is 0 Å². The first-order valence-corrected chi connectivity index (χ1v) is 7.01. The van der Waals surface area contributed by atoms with Gasteiger partial charge < -0.3 is 5.32 Å². The fraction of sp³-hybridized carbons (Fsp3) is 0.571. The molecule has 0 amide bonds. The molecule has 2 rings (SSSR count). The molecule has 0 radical (unpaired) electrons. The molecule has 1 fully saturated rings. The molecule has 0 unspecified atom stereocenters. The topological polar surface area (TPSA) is 12.0 Å². The molecule has 1 aromatic rings. The molecule has 1 saturated carbocycles. The molecule has 88 valence electrons. The number of hydrogen-bond donors (Lipinski definition) is 1. The second-order valence-corrected chi connectivity index (χ2v) is 5.70. The summed E-state index contributed by atoms with van der Waals surface area (Å²) < 4.78 is 1.21. The lowest BCUT2D eigenvalue weighted by molar-refractivity contribution is 0.594. The van der Waals surface area contributed by atoms with Crippen molar-refractivity contribution in [1.29, 1.82) is 0 Å². The molecular formula is C14H20BrN. The fourth-order valence-electron chi connectivity index (χ4n) is 1.90. The minimum atomic E-state index is 0.990. The van der Waals surface area contributed by atoms with Crippen molar-refractivity contribution < 1.29 is 0 Å². The minimum absolute atomic E-state index is 0.990. The lowest BCUT2D eigenvalue weighted by Crippen LogP contribution is -2.14. The van der Waals surface area contributed by atoms with Gasteiger partial charge in [0.2, 0.25) is 0 Å². The molecule has 1 N–H and O–H groups in total. The Morgan fingerprint density at radius 1 is 1.38 bits per heavy atom. The summed E-state index contributed by atoms with van der Waals surface area (Å²) >= 11 is 3.57. The van der Waals surface area contributed by atoms with Gasteiger partial charge >= 0.3 is 0 Å². The highest BCUT2D eigenvalue weighted by molar-refractivity contribution is 9.10. The van der Waals surface area contributed by atoms with E-state index in [1.165, 1.54) is 41.3 Å². The van der Waals surface area contributed by atoms with Crippen molar-refractivity contribution in [3.05, 3.63) is 33.8 Å².